The number of amides is 2. The smallest absolute Gasteiger partial charge is 0.408 e. The lowest BCUT2D eigenvalue weighted by Gasteiger charge is -2.18. The summed E-state index contributed by atoms with van der Waals surface area (Å²) in [5.41, 5.74) is 1.60. The van der Waals surface area contributed by atoms with E-state index in [-0.39, 0.29) is 25.3 Å². The van der Waals surface area contributed by atoms with Crippen LogP contribution in [0.3, 0.4) is 0 Å². The van der Waals surface area contributed by atoms with E-state index in [9.17, 15) is 18.0 Å². The molecule has 0 radical (unpaired) electrons. The van der Waals surface area contributed by atoms with Crippen LogP contribution in [-0.2, 0) is 32.5 Å². The zero-order chi connectivity index (χ0) is 22.0. The summed E-state index contributed by atoms with van der Waals surface area (Å²) in [6, 6.07) is 15.2. The third-order valence-corrected chi connectivity index (χ3v) is 5.18. The van der Waals surface area contributed by atoms with E-state index >= 15 is 0 Å². The van der Waals surface area contributed by atoms with Crippen LogP contribution in [0.25, 0.3) is 0 Å². The summed E-state index contributed by atoms with van der Waals surface area (Å²) in [5.74, 6) is -0.0976. The van der Waals surface area contributed by atoms with E-state index in [0.29, 0.717) is 5.75 Å². The average Bonchev–Trinajstić information content (AvgIpc) is 2.73. The molecule has 2 rings (SSSR count). The molecule has 0 aliphatic carbocycles. The molecular weight excluding hydrogens is 408 g/mol. The van der Waals surface area contributed by atoms with Crippen LogP contribution < -0.4 is 15.4 Å². The predicted octanol–water partition coefficient (Wildman–Crippen LogP) is 2.04. The van der Waals surface area contributed by atoms with Gasteiger partial charge in [-0.25, -0.2) is 13.2 Å². The fourth-order valence-electron chi connectivity index (χ4n) is 2.60. The molecular formula is C21H26N2O6S. The van der Waals surface area contributed by atoms with Gasteiger partial charge in [0, 0.05) is 12.8 Å². The Morgan fingerprint density at radius 1 is 1.03 bits per heavy atom. The topological polar surface area (TPSA) is 111 Å². The van der Waals surface area contributed by atoms with E-state index in [4.69, 9.17) is 9.47 Å². The number of ether oxygens (including phenoxy) is 2. The van der Waals surface area contributed by atoms with Crippen molar-refractivity contribution in [1.29, 1.82) is 0 Å². The largest absolute Gasteiger partial charge is 0.497 e. The van der Waals surface area contributed by atoms with Gasteiger partial charge in [0.05, 0.1) is 12.9 Å². The number of methoxy groups -OCH3 is 1. The Morgan fingerprint density at radius 3 is 2.40 bits per heavy atom. The molecule has 1 atom stereocenters. The molecule has 2 aromatic carbocycles. The standard InChI is InChI=1S/C21H26N2O6S/c1-28-18-10-6-9-17(13-18)14-22-20(24)19(11-12-30(2,26)27)23-21(25)29-15-16-7-4-3-5-8-16/h3-10,13,19H,11-12,14-15H2,1-2H3,(H,22,24)(H,23,25). The molecule has 0 heterocycles. The van der Waals surface area contributed by atoms with Crippen molar-refractivity contribution in [2.45, 2.75) is 25.6 Å². The van der Waals surface area contributed by atoms with Crippen LogP contribution in [0.4, 0.5) is 4.79 Å². The molecule has 2 amide bonds. The third-order valence-electron chi connectivity index (χ3n) is 4.20. The maximum absolute atomic E-state index is 12.6. The summed E-state index contributed by atoms with van der Waals surface area (Å²) < 4.78 is 33.3. The average molecular weight is 435 g/mol. The van der Waals surface area contributed by atoms with E-state index in [0.717, 1.165) is 17.4 Å². The molecule has 0 saturated heterocycles. The Morgan fingerprint density at radius 2 is 1.73 bits per heavy atom. The molecule has 0 aliphatic heterocycles. The van der Waals surface area contributed by atoms with Gasteiger partial charge < -0.3 is 20.1 Å². The van der Waals surface area contributed by atoms with Gasteiger partial charge in [-0.2, -0.15) is 0 Å². The van der Waals surface area contributed by atoms with Crippen molar-refractivity contribution < 1.29 is 27.5 Å². The lowest BCUT2D eigenvalue weighted by Crippen LogP contribution is -2.47. The van der Waals surface area contributed by atoms with Crippen LogP contribution >= 0.6 is 0 Å². The molecule has 2 aromatic rings. The summed E-state index contributed by atoms with van der Waals surface area (Å²) in [5, 5.41) is 5.16. The SMILES string of the molecule is COc1cccc(CNC(=O)C(CCS(C)(=O)=O)NC(=O)OCc2ccccc2)c1. The summed E-state index contributed by atoms with van der Waals surface area (Å²) in [7, 11) is -1.76. The van der Waals surface area contributed by atoms with Gasteiger partial charge >= 0.3 is 6.09 Å². The van der Waals surface area contributed by atoms with E-state index in [2.05, 4.69) is 10.6 Å². The third kappa shape index (κ3) is 8.52. The number of nitrogens with one attached hydrogen (secondary N) is 2. The highest BCUT2D eigenvalue weighted by molar-refractivity contribution is 7.90. The number of sulfone groups is 1. The first-order chi connectivity index (χ1) is 14.3. The monoisotopic (exact) mass is 434 g/mol. The van der Waals surface area contributed by atoms with Crippen molar-refractivity contribution >= 4 is 21.8 Å². The minimum atomic E-state index is -3.31. The van der Waals surface area contributed by atoms with E-state index < -0.39 is 27.9 Å². The van der Waals surface area contributed by atoms with Crippen molar-refractivity contribution in [2.24, 2.45) is 0 Å². The van der Waals surface area contributed by atoms with Gasteiger partial charge in [-0.1, -0.05) is 42.5 Å². The molecule has 0 fully saturated rings. The van der Waals surface area contributed by atoms with Gasteiger partial charge in [-0.3, -0.25) is 4.79 Å². The Hall–Kier alpha value is -3.07. The van der Waals surface area contributed by atoms with Crippen molar-refractivity contribution in [1.82, 2.24) is 10.6 Å². The molecule has 0 spiro atoms. The highest BCUT2D eigenvalue weighted by Gasteiger charge is 2.23. The van der Waals surface area contributed by atoms with Crippen LogP contribution in [-0.4, -0.2) is 45.6 Å². The van der Waals surface area contributed by atoms with E-state index in [1.54, 1.807) is 37.4 Å². The molecule has 0 aliphatic rings. The Kier molecular flexibility index (Phi) is 8.67. The number of carbonyl (C=O) groups is 2. The summed E-state index contributed by atoms with van der Waals surface area (Å²) in [4.78, 5) is 24.7. The van der Waals surface area contributed by atoms with Crippen LogP contribution in [0.5, 0.6) is 5.75 Å². The molecule has 8 nitrogen and oxygen atoms in total. The molecule has 0 aromatic heterocycles. The van der Waals surface area contributed by atoms with Gasteiger partial charge in [-0.05, 0) is 29.7 Å². The van der Waals surface area contributed by atoms with Crippen LogP contribution in [0.15, 0.2) is 54.6 Å². The Balaban J connectivity index is 1.96. The number of benzene rings is 2. The van der Waals surface area contributed by atoms with Gasteiger partial charge in [0.2, 0.25) is 5.91 Å². The lowest BCUT2D eigenvalue weighted by molar-refractivity contribution is -0.123. The van der Waals surface area contributed by atoms with Crippen molar-refractivity contribution in [3.05, 3.63) is 65.7 Å². The number of hydrogen-bond acceptors (Lipinski definition) is 6. The second kappa shape index (κ2) is 11.2. The fourth-order valence-corrected chi connectivity index (χ4v) is 3.27. The quantitative estimate of drug-likeness (QED) is 0.592. The first-order valence-electron chi connectivity index (χ1n) is 9.32. The minimum absolute atomic E-state index is 0.0386. The highest BCUT2D eigenvalue weighted by Crippen LogP contribution is 2.12. The van der Waals surface area contributed by atoms with Gasteiger partial charge in [0.15, 0.2) is 0 Å². The number of rotatable bonds is 10. The molecule has 9 heteroatoms. The Bertz CT molecular complexity index is 947. The first kappa shape index (κ1) is 23.2. The molecule has 1 unspecified atom stereocenters. The lowest BCUT2D eigenvalue weighted by atomic mass is 10.2. The Labute approximate surface area is 176 Å². The second-order valence-corrected chi connectivity index (χ2v) is 9.01. The van der Waals surface area contributed by atoms with Gasteiger partial charge in [0.25, 0.3) is 0 Å². The van der Waals surface area contributed by atoms with Gasteiger partial charge in [-0.15, -0.1) is 0 Å². The second-order valence-electron chi connectivity index (χ2n) is 6.75. The highest BCUT2D eigenvalue weighted by atomic mass is 32.2. The van der Waals surface area contributed by atoms with Crippen molar-refractivity contribution in [3.8, 4) is 5.75 Å². The zero-order valence-corrected chi connectivity index (χ0v) is 17.8. The van der Waals surface area contributed by atoms with Crippen LogP contribution in [0, 0.1) is 0 Å². The van der Waals surface area contributed by atoms with Crippen molar-refractivity contribution in [3.63, 3.8) is 0 Å². The normalized spacial score (nSPS) is 11.9. The molecule has 2 N–H and O–H groups in total. The van der Waals surface area contributed by atoms with Crippen molar-refractivity contribution in [2.75, 3.05) is 19.1 Å². The summed E-state index contributed by atoms with van der Waals surface area (Å²) >= 11 is 0. The minimum Gasteiger partial charge on any atom is -0.497 e. The van der Waals surface area contributed by atoms with Gasteiger partial charge in [0.1, 0.15) is 28.2 Å². The summed E-state index contributed by atoms with van der Waals surface area (Å²) in [6.07, 6.45) is 0.212. The zero-order valence-electron chi connectivity index (χ0n) is 17.0. The number of hydrogen-bond donors (Lipinski definition) is 2. The predicted molar refractivity (Wildman–Crippen MR) is 113 cm³/mol. The summed E-state index contributed by atoms with van der Waals surface area (Å²) in [6.45, 7) is 0.239. The first-order valence-corrected chi connectivity index (χ1v) is 11.4. The number of alkyl carbamates (subject to hydrolysis) is 1. The maximum atomic E-state index is 12.6. The van der Waals surface area contributed by atoms with E-state index in [1.807, 2.05) is 24.3 Å². The number of carbonyl (C=O) groups excluding carboxylic acids is 2. The molecule has 0 saturated carbocycles. The molecule has 30 heavy (non-hydrogen) atoms. The van der Waals surface area contributed by atoms with Crippen LogP contribution in [0.2, 0.25) is 0 Å². The fraction of sp³-hybridized carbons (Fsp3) is 0.333. The van der Waals surface area contributed by atoms with Crippen LogP contribution in [0.1, 0.15) is 17.5 Å². The maximum Gasteiger partial charge on any atom is 0.408 e. The molecule has 162 valence electrons. The van der Waals surface area contributed by atoms with E-state index in [1.165, 1.54) is 0 Å². The molecule has 0 bridgehead atoms.